The molecule has 0 saturated carbocycles. The number of rotatable bonds is 2. The number of ether oxygens (including phenoxy) is 2. The van der Waals surface area contributed by atoms with E-state index >= 15 is 0 Å². The Bertz CT molecular complexity index is 563. The van der Waals surface area contributed by atoms with E-state index in [2.05, 4.69) is 37.1 Å². The van der Waals surface area contributed by atoms with Crippen molar-refractivity contribution in [3.63, 3.8) is 0 Å². The number of nitrogens with zero attached hydrogens (tertiary/aromatic N) is 1. The van der Waals surface area contributed by atoms with Crippen molar-refractivity contribution in [2.24, 2.45) is 5.92 Å². The zero-order valence-electron chi connectivity index (χ0n) is 12.3. The second-order valence-electron chi connectivity index (χ2n) is 5.50. The molecule has 4 nitrogen and oxygen atoms in total. The Morgan fingerprint density at radius 3 is 2.90 bits per heavy atom. The molecule has 1 aromatic carbocycles. The van der Waals surface area contributed by atoms with Crippen molar-refractivity contribution in [1.82, 2.24) is 10.2 Å². The van der Waals surface area contributed by atoms with Gasteiger partial charge in [0.05, 0.1) is 13.2 Å². The normalized spacial score (nSPS) is 31.2. The van der Waals surface area contributed by atoms with Gasteiger partial charge in [-0.3, -0.25) is 0 Å². The molecule has 0 amide bonds. The molecule has 3 unspecified atom stereocenters. The van der Waals surface area contributed by atoms with E-state index in [4.69, 9.17) is 21.7 Å². The maximum Gasteiger partial charge on any atom is 0.186 e. The minimum absolute atomic E-state index is 0.161. The number of hydrogen-bond donors (Lipinski definition) is 1. The Labute approximate surface area is 125 Å². The molecular formula is C15H20N2O2S. The largest absolute Gasteiger partial charge is 0.493 e. The molecule has 1 saturated heterocycles. The van der Waals surface area contributed by atoms with Crippen molar-refractivity contribution in [3.8, 4) is 11.5 Å². The lowest BCUT2D eigenvalue weighted by Gasteiger charge is -2.56. The third-order valence-electron chi connectivity index (χ3n) is 4.59. The number of fused-ring (bicyclic) bond motifs is 4. The summed E-state index contributed by atoms with van der Waals surface area (Å²) in [6.45, 7) is 7.21. The van der Waals surface area contributed by atoms with Gasteiger partial charge >= 0.3 is 0 Å². The molecule has 1 N–H and O–H groups in total. The van der Waals surface area contributed by atoms with E-state index in [0.29, 0.717) is 0 Å². The summed E-state index contributed by atoms with van der Waals surface area (Å²) >= 11 is 5.50. The molecule has 2 aliphatic heterocycles. The lowest BCUT2D eigenvalue weighted by Crippen LogP contribution is -2.68. The van der Waals surface area contributed by atoms with Crippen molar-refractivity contribution in [2.45, 2.75) is 32.5 Å². The Morgan fingerprint density at radius 1 is 1.50 bits per heavy atom. The highest BCUT2D eigenvalue weighted by atomic mass is 32.1. The summed E-state index contributed by atoms with van der Waals surface area (Å²) in [7, 11) is 1.67. The van der Waals surface area contributed by atoms with Crippen LogP contribution in [0.1, 0.15) is 32.4 Å². The fourth-order valence-corrected chi connectivity index (χ4v) is 3.74. The number of benzene rings is 1. The van der Waals surface area contributed by atoms with E-state index in [-0.39, 0.29) is 12.0 Å². The highest BCUT2D eigenvalue weighted by Gasteiger charge is 2.53. The third kappa shape index (κ3) is 1.62. The molecule has 3 atom stereocenters. The van der Waals surface area contributed by atoms with Crippen molar-refractivity contribution in [2.75, 3.05) is 13.7 Å². The molecular weight excluding hydrogens is 272 g/mol. The number of nitrogens with one attached hydrogen (secondary N) is 1. The van der Waals surface area contributed by atoms with Crippen LogP contribution in [-0.2, 0) is 0 Å². The van der Waals surface area contributed by atoms with Crippen LogP contribution in [0.15, 0.2) is 18.2 Å². The van der Waals surface area contributed by atoms with Crippen molar-refractivity contribution in [1.29, 1.82) is 0 Å². The van der Waals surface area contributed by atoms with Gasteiger partial charge in [0.2, 0.25) is 0 Å². The minimum Gasteiger partial charge on any atom is -0.493 e. The molecule has 0 radical (unpaired) electrons. The van der Waals surface area contributed by atoms with Gasteiger partial charge in [-0.15, -0.1) is 0 Å². The van der Waals surface area contributed by atoms with Gasteiger partial charge < -0.3 is 19.7 Å². The van der Waals surface area contributed by atoms with Gasteiger partial charge in [-0.1, -0.05) is 19.1 Å². The molecule has 5 heteroatoms. The zero-order chi connectivity index (χ0) is 14.5. The summed E-state index contributed by atoms with van der Waals surface area (Å²) in [6.07, 6.45) is 0. The van der Waals surface area contributed by atoms with Crippen molar-refractivity contribution < 1.29 is 9.47 Å². The van der Waals surface area contributed by atoms with Crippen molar-refractivity contribution >= 4 is 17.3 Å². The first kappa shape index (κ1) is 13.5. The summed E-state index contributed by atoms with van der Waals surface area (Å²) in [4.78, 5) is 2.11. The van der Waals surface area contributed by atoms with Crippen LogP contribution >= 0.6 is 12.2 Å². The van der Waals surface area contributed by atoms with E-state index in [1.54, 1.807) is 7.11 Å². The number of methoxy groups -OCH3 is 1. The standard InChI is InChI=1S/C15H20N2O2S/c1-5-17-14(20)16-12-9(2)15(17,3)19-13-10(12)7-6-8-11(13)18-4/h6-9,12H,5H2,1-4H3,(H,16,20). The lowest BCUT2D eigenvalue weighted by atomic mass is 9.81. The summed E-state index contributed by atoms with van der Waals surface area (Å²) in [6, 6.07) is 6.17. The Morgan fingerprint density at radius 2 is 2.25 bits per heavy atom. The van der Waals surface area contributed by atoms with Crippen molar-refractivity contribution in [3.05, 3.63) is 23.8 Å². The van der Waals surface area contributed by atoms with E-state index in [1.165, 1.54) is 0 Å². The molecule has 2 heterocycles. The minimum atomic E-state index is -0.441. The average Bonchev–Trinajstić information content (AvgIpc) is 2.42. The van der Waals surface area contributed by atoms with Gasteiger partial charge in [0.25, 0.3) is 0 Å². The predicted molar refractivity (Wildman–Crippen MR) is 82.0 cm³/mol. The third-order valence-corrected chi connectivity index (χ3v) is 4.93. The zero-order valence-corrected chi connectivity index (χ0v) is 13.1. The molecule has 2 aliphatic rings. The van der Waals surface area contributed by atoms with E-state index in [9.17, 15) is 0 Å². The average molecular weight is 292 g/mol. The van der Waals surface area contributed by atoms with Crippen LogP contribution in [0.2, 0.25) is 0 Å². The number of para-hydroxylation sites is 1. The van der Waals surface area contributed by atoms with E-state index < -0.39 is 5.72 Å². The SMILES string of the molecule is CCN1C(=S)NC2c3cccc(OC)c3OC1(C)C2C. The van der Waals surface area contributed by atoms with Gasteiger partial charge in [0.15, 0.2) is 22.3 Å². The smallest absolute Gasteiger partial charge is 0.186 e. The molecule has 0 aromatic heterocycles. The Hall–Kier alpha value is -1.49. The molecule has 3 rings (SSSR count). The topological polar surface area (TPSA) is 33.7 Å². The van der Waals surface area contributed by atoms with Crippen LogP contribution in [0.25, 0.3) is 0 Å². The first-order chi connectivity index (χ1) is 9.52. The lowest BCUT2D eigenvalue weighted by molar-refractivity contribution is -0.109. The van der Waals surface area contributed by atoms with Crippen LogP contribution in [0.3, 0.4) is 0 Å². The molecule has 1 fully saturated rings. The molecule has 0 aliphatic carbocycles. The van der Waals surface area contributed by atoms with Crippen LogP contribution in [-0.4, -0.2) is 29.4 Å². The molecule has 2 bridgehead atoms. The molecule has 0 spiro atoms. The first-order valence-corrected chi connectivity index (χ1v) is 7.37. The van der Waals surface area contributed by atoms with Gasteiger partial charge in [0, 0.05) is 18.0 Å². The summed E-state index contributed by atoms with van der Waals surface area (Å²) in [5.41, 5.74) is 0.677. The predicted octanol–water partition coefficient (Wildman–Crippen LogP) is 2.69. The molecule has 108 valence electrons. The van der Waals surface area contributed by atoms with Crippen LogP contribution in [0, 0.1) is 5.92 Å². The maximum atomic E-state index is 6.37. The van der Waals surface area contributed by atoms with Crippen LogP contribution in [0.5, 0.6) is 11.5 Å². The van der Waals surface area contributed by atoms with Gasteiger partial charge in [0.1, 0.15) is 0 Å². The molecule has 20 heavy (non-hydrogen) atoms. The fourth-order valence-electron chi connectivity index (χ4n) is 3.30. The highest BCUT2D eigenvalue weighted by Crippen LogP contribution is 2.50. The second-order valence-corrected chi connectivity index (χ2v) is 5.88. The Balaban J connectivity index is 2.17. The van der Waals surface area contributed by atoms with Crippen LogP contribution < -0.4 is 14.8 Å². The van der Waals surface area contributed by atoms with Gasteiger partial charge in [-0.25, -0.2) is 0 Å². The number of thiocarbonyl (C=S) groups is 1. The van der Waals surface area contributed by atoms with E-state index in [1.807, 2.05) is 12.1 Å². The fraction of sp³-hybridized carbons (Fsp3) is 0.533. The number of hydrogen-bond acceptors (Lipinski definition) is 3. The summed E-state index contributed by atoms with van der Waals surface area (Å²) in [5, 5.41) is 4.21. The highest BCUT2D eigenvalue weighted by molar-refractivity contribution is 7.80. The Kier molecular flexibility index (Phi) is 3.05. The molecule has 1 aromatic rings. The van der Waals surface area contributed by atoms with Gasteiger partial charge in [-0.05, 0) is 32.1 Å². The monoisotopic (exact) mass is 292 g/mol. The van der Waals surface area contributed by atoms with Crippen LogP contribution in [0.4, 0.5) is 0 Å². The second kappa shape index (κ2) is 4.52. The van der Waals surface area contributed by atoms with Gasteiger partial charge in [-0.2, -0.15) is 0 Å². The summed E-state index contributed by atoms with van der Waals surface area (Å²) in [5.74, 6) is 1.89. The quantitative estimate of drug-likeness (QED) is 0.848. The summed E-state index contributed by atoms with van der Waals surface area (Å²) < 4.78 is 11.8. The maximum absolute atomic E-state index is 6.37. The first-order valence-electron chi connectivity index (χ1n) is 6.97. The van der Waals surface area contributed by atoms with E-state index in [0.717, 1.165) is 28.7 Å².